The van der Waals surface area contributed by atoms with Gasteiger partial charge in [0, 0.05) is 0 Å². The number of hydrogen-bond acceptors (Lipinski definition) is 0. The summed E-state index contributed by atoms with van der Waals surface area (Å²) in [5, 5.41) is 0. The van der Waals surface area contributed by atoms with Gasteiger partial charge in [0.1, 0.15) is 0 Å². The monoisotopic (exact) mass is 478 g/mol. The van der Waals surface area contributed by atoms with Gasteiger partial charge in [-0.05, 0) is 63.5 Å². The van der Waals surface area contributed by atoms with Crippen LogP contribution in [0.25, 0.3) is 22.3 Å². The summed E-state index contributed by atoms with van der Waals surface area (Å²) in [6, 6.07) is 29.8. The summed E-state index contributed by atoms with van der Waals surface area (Å²) < 4.78 is 0. The van der Waals surface area contributed by atoms with E-state index in [9.17, 15) is 0 Å². The predicted octanol–water partition coefficient (Wildman–Crippen LogP) is 10.3. The van der Waals surface area contributed by atoms with Crippen molar-refractivity contribution in [2.75, 3.05) is 0 Å². The first kappa shape index (κ1) is 25.7. The van der Waals surface area contributed by atoms with Crippen LogP contribution < -0.4 is 0 Å². The lowest BCUT2D eigenvalue weighted by Gasteiger charge is -2.12. The second kappa shape index (κ2) is 13.0. The average molecular weight is 479 g/mol. The lowest BCUT2D eigenvalue weighted by molar-refractivity contribution is 1.15. The van der Waals surface area contributed by atoms with E-state index in [4.69, 9.17) is 0 Å². The van der Waals surface area contributed by atoms with Crippen LogP contribution >= 0.6 is 0 Å². The number of benzene rings is 3. The number of rotatable bonds is 6. The molecular formula is C37H34. The molecule has 0 heterocycles. The standard InChI is InChI=1S/C37H34/c1-4-15-29(3)31-25-24-30(5-2)28-35(21-14-20-33(27-26-31)32-16-8-6-9-17-32)37-23-13-12-22-36(37)34-18-10-7-11-19-34/h4,6-28H,1,5H2,2-3H3/b20-14?,21-14?,25-24?,27-26?,29-15+,30-24?,30-28?,31-25?,31-26?,33-20?,33-27?,35-21?,35-28?. The van der Waals surface area contributed by atoms with E-state index < -0.39 is 0 Å². The van der Waals surface area contributed by atoms with Crippen molar-refractivity contribution in [1.29, 1.82) is 0 Å². The quantitative estimate of drug-likeness (QED) is 0.309. The SMILES string of the molecule is C=C/C=C(\C)C1=CC=C(CC)C=C(c2ccccc2-c2ccccc2)C=CC=C(c2ccccc2)C=C1. The number of hydrogen-bond donors (Lipinski definition) is 0. The van der Waals surface area contributed by atoms with Crippen LogP contribution in [-0.4, -0.2) is 0 Å². The molecule has 182 valence electrons. The van der Waals surface area contributed by atoms with E-state index in [2.05, 4.69) is 160 Å². The van der Waals surface area contributed by atoms with E-state index in [0.29, 0.717) is 0 Å². The van der Waals surface area contributed by atoms with E-state index in [1.165, 1.54) is 39.0 Å². The van der Waals surface area contributed by atoms with E-state index in [1.807, 2.05) is 6.08 Å². The van der Waals surface area contributed by atoms with Crippen LogP contribution in [0.4, 0.5) is 0 Å². The third kappa shape index (κ3) is 6.84. The Bertz CT molecular complexity index is 1430. The molecule has 0 amide bonds. The second-order valence-corrected chi connectivity index (χ2v) is 8.99. The van der Waals surface area contributed by atoms with Crippen LogP contribution in [0.1, 0.15) is 31.4 Å². The average Bonchev–Trinajstić information content (AvgIpc) is 2.94. The van der Waals surface area contributed by atoms with Crippen molar-refractivity contribution in [2.45, 2.75) is 20.3 Å². The zero-order chi connectivity index (χ0) is 25.9. The summed E-state index contributed by atoms with van der Waals surface area (Å²) in [6.45, 7) is 8.24. The van der Waals surface area contributed by atoms with E-state index in [0.717, 1.165) is 17.6 Å². The molecule has 0 saturated heterocycles. The molecule has 1 aliphatic carbocycles. The van der Waals surface area contributed by atoms with Crippen molar-refractivity contribution >= 4 is 11.1 Å². The van der Waals surface area contributed by atoms with Gasteiger partial charge in [0.15, 0.2) is 0 Å². The van der Waals surface area contributed by atoms with Gasteiger partial charge in [-0.3, -0.25) is 0 Å². The predicted molar refractivity (Wildman–Crippen MR) is 163 cm³/mol. The normalized spacial score (nSPS) is 14.5. The maximum absolute atomic E-state index is 3.90. The molecule has 0 aromatic heterocycles. The summed E-state index contributed by atoms with van der Waals surface area (Å²) in [4.78, 5) is 0. The van der Waals surface area contributed by atoms with Gasteiger partial charge >= 0.3 is 0 Å². The van der Waals surface area contributed by atoms with Crippen molar-refractivity contribution < 1.29 is 0 Å². The van der Waals surface area contributed by atoms with Crippen LogP contribution in [0.5, 0.6) is 0 Å². The smallest absolute Gasteiger partial charge is 0.0105 e. The molecule has 0 nitrogen and oxygen atoms in total. The summed E-state index contributed by atoms with van der Waals surface area (Å²) in [6.07, 6.45) is 22.6. The van der Waals surface area contributed by atoms with Gasteiger partial charge in [-0.25, -0.2) is 0 Å². The van der Waals surface area contributed by atoms with E-state index in [1.54, 1.807) is 0 Å². The van der Waals surface area contributed by atoms with Crippen molar-refractivity contribution in [3.8, 4) is 11.1 Å². The van der Waals surface area contributed by atoms with Crippen molar-refractivity contribution in [3.63, 3.8) is 0 Å². The van der Waals surface area contributed by atoms with Gasteiger partial charge in [-0.15, -0.1) is 0 Å². The van der Waals surface area contributed by atoms with Gasteiger partial charge in [-0.2, -0.15) is 0 Å². The Kier molecular flexibility index (Phi) is 9.05. The second-order valence-electron chi connectivity index (χ2n) is 8.99. The Morgan fingerprint density at radius 1 is 0.676 bits per heavy atom. The van der Waals surface area contributed by atoms with Gasteiger partial charge in [0.25, 0.3) is 0 Å². The maximum atomic E-state index is 3.90. The third-order valence-corrected chi connectivity index (χ3v) is 6.47. The molecule has 0 N–H and O–H groups in total. The minimum atomic E-state index is 0.938. The molecule has 0 atom stereocenters. The Hall–Kier alpha value is -4.42. The minimum Gasteiger partial charge on any atom is -0.0991 e. The van der Waals surface area contributed by atoms with Crippen LogP contribution in [-0.2, 0) is 0 Å². The van der Waals surface area contributed by atoms with E-state index >= 15 is 0 Å². The summed E-state index contributed by atoms with van der Waals surface area (Å²) in [7, 11) is 0. The Labute approximate surface area is 222 Å². The molecule has 0 fully saturated rings. The Morgan fingerprint density at radius 2 is 1.32 bits per heavy atom. The van der Waals surface area contributed by atoms with Crippen molar-refractivity contribution in [3.05, 3.63) is 180 Å². The third-order valence-electron chi connectivity index (χ3n) is 6.47. The van der Waals surface area contributed by atoms with Crippen LogP contribution in [0.2, 0.25) is 0 Å². The van der Waals surface area contributed by atoms with E-state index in [-0.39, 0.29) is 0 Å². The van der Waals surface area contributed by atoms with Crippen LogP contribution in [0.3, 0.4) is 0 Å². The molecule has 0 saturated carbocycles. The molecule has 3 aromatic carbocycles. The maximum Gasteiger partial charge on any atom is -0.0105 e. The van der Waals surface area contributed by atoms with Gasteiger partial charge in [0.05, 0.1) is 0 Å². The fourth-order valence-corrected chi connectivity index (χ4v) is 4.39. The largest absolute Gasteiger partial charge is 0.0991 e. The topological polar surface area (TPSA) is 0 Å². The zero-order valence-electron chi connectivity index (χ0n) is 21.8. The number of allylic oxidation sites excluding steroid dienone is 15. The molecule has 0 heteroatoms. The Balaban J connectivity index is 1.91. The first-order chi connectivity index (χ1) is 18.2. The first-order valence-corrected chi connectivity index (χ1v) is 12.9. The molecule has 0 unspecified atom stereocenters. The fraction of sp³-hybridized carbons (Fsp3) is 0.0811. The molecule has 3 aromatic rings. The molecule has 4 rings (SSSR count). The highest BCUT2D eigenvalue weighted by atomic mass is 14.1. The first-order valence-electron chi connectivity index (χ1n) is 12.9. The highest BCUT2D eigenvalue weighted by molar-refractivity contribution is 5.87. The zero-order valence-corrected chi connectivity index (χ0v) is 21.8. The lowest BCUT2D eigenvalue weighted by Crippen LogP contribution is -1.90. The van der Waals surface area contributed by atoms with Crippen molar-refractivity contribution in [2.24, 2.45) is 0 Å². The van der Waals surface area contributed by atoms with Gasteiger partial charge in [-0.1, -0.05) is 159 Å². The highest BCUT2D eigenvalue weighted by Crippen LogP contribution is 2.31. The van der Waals surface area contributed by atoms with Gasteiger partial charge < -0.3 is 0 Å². The Morgan fingerprint density at radius 3 is 2.00 bits per heavy atom. The fourth-order valence-electron chi connectivity index (χ4n) is 4.39. The van der Waals surface area contributed by atoms with Crippen molar-refractivity contribution in [1.82, 2.24) is 0 Å². The molecule has 0 spiro atoms. The molecule has 1 aliphatic rings. The lowest BCUT2D eigenvalue weighted by atomic mass is 9.92. The summed E-state index contributed by atoms with van der Waals surface area (Å²) in [5.41, 5.74) is 10.8. The van der Waals surface area contributed by atoms with Gasteiger partial charge in [0.2, 0.25) is 0 Å². The van der Waals surface area contributed by atoms with Crippen LogP contribution in [0.15, 0.2) is 169 Å². The summed E-state index contributed by atoms with van der Waals surface area (Å²) in [5.74, 6) is 0. The highest BCUT2D eigenvalue weighted by Gasteiger charge is 2.08. The molecular weight excluding hydrogens is 444 g/mol. The molecule has 0 aliphatic heterocycles. The molecule has 0 bridgehead atoms. The minimum absolute atomic E-state index is 0.938. The molecule has 37 heavy (non-hydrogen) atoms. The molecule has 0 radical (unpaired) electrons. The summed E-state index contributed by atoms with van der Waals surface area (Å²) >= 11 is 0. The van der Waals surface area contributed by atoms with Crippen LogP contribution in [0, 0.1) is 0 Å².